The summed E-state index contributed by atoms with van der Waals surface area (Å²) < 4.78 is 21.9. The molecule has 37 heavy (non-hydrogen) atoms. The molecule has 1 aromatic rings. The second-order valence-corrected chi connectivity index (χ2v) is 8.66. The summed E-state index contributed by atoms with van der Waals surface area (Å²) in [6, 6.07) is 5.46. The van der Waals surface area contributed by atoms with Gasteiger partial charge in [0.15, 0.2) is 6.10 Å². The predicted molar refractivity (Wildman–Crippen MR) is 131 cm³/mol. The Hall–Kier alpha value is -3.76. The van der Waals surface area contributed by atoms with Crippen LogP contribution in [0.4, 0.5) is 5.69 Å². The summed E-state index contributed by atoms with van der Waals surface area (Å²) in [5.41, 5.74) is -1.94. The molecule has 11 heteroatoms. The third-order valence-corrected chi connectivity index (χ3v) is 5.66. The van der Waals surface area contributed by atoms with Crippen LogP contribution in [0.1, 0.15) is 71.3 Å². The van der Waals surface area contributed by atoms with E-state index in [9.17, 15) is 29.3 Å². The van der Waals surface area contributed by atoms with Gasteiger partial charge in [0.25, 0.3) is 5.69 Å². The van der Waals surface area contributed by atoms with Crippen molar-refractivity contribution in [3.8, 4) is 0 Å². The van der Waals surface area contributed by atoms with Gasteiger partial charge in [0.05, 0.1) is 12.0 Å². The van der Waals surface area contributed by atoms with Crippen LogP contribution in [0.3, 0.4) is 0 Å². The summed E-state index contributed by atoms with van der Waals surface area (Å²) in [6.45, 7) is 5.32. The maximum absolute atomic E-state index is 13.1. The Morgan fingerprint density at radius 3 is 2.14 bits per heavy atom. The summed E-state index contributed by atoms with van der Waals surface area (Å²) in [7, 11) is 1.12. The Labute approximate surface area is 215 Å². The second kappa shape index (κ2) is 13.5. The van der Waals surface area contributed by atoms with Crippen molar-refractivity contribution in [3.05, 3.63) is 46.0 Å². The molecular formula is C26H33NO10. The highest BCUT2D eigenvalue weighted by atomic mass is 16.6. The smallest absolute Gasteiger partial charge is 0.354 e. The van der Waals surface area contributed by atoms with Gasteiger partial charge >= 0.3 is 23.9 Å². The number of hydrogen-bond acceptors (Lipinski definition) is 10. The van der Waals surface area contributed by atoms with E-state index in [1.54, 1.807) is 20.8 Å². The fourth-order valence-corrected chi connectivity index (χ4v) is 4.01. The quantitative estimate of drug-likeness (QED) is 0.171. The average molecular weight is 520 g/mol. The lowest BCUT2D eigenvalue weighted by Gasteiger charge is -2.40. The number of carbonyl (C=O) groups is 4. The van der Waals surface area contributed by atoms with E-state index in [1.807, 2.05) is 0 Å². The molecule has 0 heterocycles. The number of hydrogen-bond donors (Lipinski definition) is 0. The molecule has 3 atom stereocenters. The number of nitrogens with zero attached hydrogens (tertiary/aromatic N) is 1. The van der Waals surface area contributed by atoms with Crippen molar-refractivity contribution >= 4 is 35.1 Å². The van der Waals surface area contributed by atoms with E-state index in [-0.39, 0.29) is 42.5 Å². The molecule has 2 rings (SSSR count). The van der Waals surface area contributed by atoms with E-state index in [2.05, 4.69) is 0 Å². The predicted octanol–water partition coefficient (Wildman–Crippen LogP) is 4.06. The molecule has 0 fully saturated rings. The van der Waals surface area contributed by atoms with Crippen LogP contribution in [0.2, 0.25) is 0 Å². The lowest BCUT2D eigenvalue weighted by atomic mass is 9.79. The molecule has 0 bridgehead atoms. The van der Waals surface area contributed by atoms with Gasteiger partial charge in [-0.05, 0) is 30.9 Å². The molecule has 11 nitrogen and oxygen atoms in total. The molecule has 0 amide bonds. The largest absolute Gasteiger partial charge is 0.466 e. The van der Waals surface area contributed by atoms with Crippen LogP contribution in [0.15, 0.2) is 30.3 Å². The fraction of sp³-hybridized carbons (Fsp3) is 0.538. The van der Waals surface area contributed by atoms with E-state index < -0.39 is 46.6 Å². The van der Waals surface area contributed by atoms with Gasteiger partial charge in [-0.25, -0.2) is 4.79 Å². The highest BCUT2D eigenvalue weighted by Gasteiger charge is 2.52. The van der Waals surface area contributed by atoms with Crippen molar-refractivity contribution in [2.75, 3.05) is 7.11 Å². The maximum atomic E-state index is 13.1. The van der Waals surface area contributed by atoms with Gasteiger partial charge in [0.2, 0.25) is 5.60 Å². The Morgan fingerprint density at radius 1 is 0.973 bits per heavy atom. The molecular weight excluding hydrogens is 486 g/mol. The number of benzene rings is 1. The van der Waals surface area contributed by atoms with E-state index in [4.69, 9.17) is 18.9 Å². The number of methoxy groups -OCH3 is 1. The highest BCUT2D eigenvalue weighted by molar-refractivity contribution is 5.91. The molecule has 0 aromatic heterocycles. The minimum atomic E-state index is -2.02. The number of nitro groups is 1. The first-order valence-corrected chi connectivity index (χ1v) is 12.3. The van der Waals surface area contributed by atoms with E-state index in [0.29, 0.717) is 19.3 Å². The molecule has 1 aliphatic rings. The zero-order chi connectivity index (χ0) is 27.6. The van der Waals surface area contributed by atoms with Gasteiger partial charge in [0, 0.05) is 43.4 Å². The zero-order valence-corrected chi connectivity index (χ0v) is 21.5. The summed E-state index contributed by atoms with van der Waals surface area (Å²) in [5.74, 6) is -2.82. The molecule has 0 unspecified atom stereocenters. The van der Waals surface area contributed by atoms with Crippen molar-refractivity contribution in [1.29, 1.82) is 0 Å². The normalized spacial score (nSPS) is 20.8. The molecule has 0 saturated carbocycles. The van der Waals surface area contributed by atoms with Gasteiger partial charge in [-0.15, -0.1) is 0 Å². The van der Waals surface area contributed by atoms with Crippen molar-refractivity contribution in [2.45, 2.75) is 83.5 Å². The summed E-state index contributed by atoms with van der Waals surface area (Å²) in [4.78, 5) is 61.6. The van der Waals surface area contributed by atoms with Crippen LogP contribution in [0, 0.1) is 10.1 Å². The first-order valence-electron chi connectivity index (χ1n) is 12.3. The van der Waals surface area contributed by atoms with E-state index in [1.165, 1.54) is 30.3 Å². The van der Waals surface area contributed by atoms with Crippen molar-refractivity contribution < 1.29 is 43.0 Å². The van der Waals surface area contributed by atoms with Crippen LogP contribution in [0.25, 0.3) is 5.57 Å². The van der Waals surface area contributed by atoms with Crippen LogP contribution < -0.4 is 0 Å². The Bertz CT molecular complexity index is 1050. The van der Waals surface area contributed by atoms with Gasteiger partial charge < -0.3 is 18.9 Å². The number of ether oxygens (including phenoxy) is 4. The Morgan fingerprint density at radius 2 is 1.57 bits per heavy atom. The minimum Gasteiger partial charge on any atom is -0.466 e. The van der Waals surface area contributed by atoms with Gasteiger partial charge in [-0.2, -0.15) is 0 Å². The molecule has 202 valence electrons. The number of carbonyl (C=O) groups excluding carboxylic acids is 4. The highest BCUT2D eigenvalue weighted by Crippen LogP contribution is 2.40. The molecule has 0 N–H and O–H groups in total. The number of non-ortho nitro benzene ring substituents is 1. The van der Waals surface area contributed by atoms with Crippen LogP contribution in [-0.4, -0.2) is 53.7 Å². The zero-order valence-electron chi connectivity index (χ0n) is 21.5. The monoisotopic (exact) mass is 519 g/mol. The van der Waals surface area contributed by atoms with Crippen LogP contribution in [-0.2, 0) is 38.1 Å². The lowest BCUT2D eigenvalue weighted by molar-refractivity contribution is -0.384. The van der Waals surface area contributed by atoms with Gasteiger partial charge in [-0.1, -0.05) is 32.9 Å². The fourth-order valence-electron chi connectivity index (χ4n) is 4.01. The Kier molecular flexibility index (Phi) is 10.8. The number of nitro benzene ring substituents is 1. The minimum absolute atomic E-state index is 0.00787. The number of esters is 4. The van der Waals surface area contributed by atoms with Crippen molar-refractivity contribution in [3.63, 3.8) is 0 Å². The summed E-state index contributed by atoms with van der Waals surface area (Å²) >= 11 is 0. The van der Waals surface area contributed by atoms with Crippen molar-refractivity contribution in [2.24, 2.45) is 0 Å². The lowest BCUT2D eigenvalue weighted by Crippen LogP contribution is -2.53. The standard InChI is InChI=1S/C26H33NO10/c1-5-9-21(28)35-20-16-26(25(31)34-4,37-23(30)11-7-3)15-19(24(20)36-22(29)10-6-2)17-12-8-13-18(14-17)27(32)33/h8,12-15,20,24H,5-7,9-11,16H2,1-4H3/t20-,24-,26+/m1/s1. The molecule has 0 aliphatic heterocycles. The average Bonchev–Trinajstić information content (AvgIpc) is 2.85. The first kappa shape index (κ1) is 29.5. The molecule has 0 spiro atoms. The van der Waals surface area contributed by atoms with Crippen molar-refractivity contribution in [1.82, 2.24) is 0 Å². The number of rotatable bonds is 12. The summed E-state index contributed by atoms with van der Waals surface area (Å²) in [6.07, 6.45) is 0.00184. The topological polar surface area (TPSA) is 148 Å². The SMILES string of the molecule is CCCC(=O)O[C@@H]1C(c2cccc([N+](=O)[O-])c2)=C[C@@](OC(=O)CCC)(C(=O)OC)C[C@H]1OC(=O)CCC. The third-order valence-electron chi connectivity index (χ3n) is 5.66. The molecule has 1 aromatic carbocycles. The molecule has 1 aliphatic carbocycles. The van der Waals surface area contributed by atoms with E-state index in [0.717, 1.165) is 7.11 Å². The van der Waals surface area contributed by atoms with Crippen LogP contribution >= 0.6 is 0 Å². The van der Waals surface area contributed by atoms with E-state index >= 15 is 0 Å². The van der Waals surface area contributed by atoms with Gasteiger partial charge in [-0.3, -0.25) is 24.5 Å². The van der Waals surface area contributed by atoms with Gasteiger partial charge in [0.1, 0.15) is 6.10 Å². The summed E-state index contributed by atoms with van der Waals surface area (Å²) in [5, 5.41) is 11.4. The second-order valence-electron chi connectivity index (χ2n) is 8.66. The Balaban J connectivity index is 2.77. The molecule has 0 saturated heterocycles. The maximum Gasteiger partial charge on any atom is 0.354 e. The molecule has 0 radical (unpaired) electrons. The third kappa shape index (κ3) is 7.61. The van der Waals surface area contributed by atoms with Crippen LogP contribution in [0.5, 0.6) is 0 Å². The first-order chi connectivity index (χ1) is 17.6.